The first-order chi connectivity index (χ1) is 13.6. The van der Waals surface area contributed by atoms with Crippen molar-refractivity contribution in [3.8, 4) is 17.6 Å². The number of para-hydroxylation sites is 2. The zero-order valence-electron chi connectivity index (χ0n) is 16.3. The monoisotopic (exact) mass is 387 g/mol. The van der Waals surface area contributed by atoms with Crippen molar-refractivity contribution in [3.63, 3.8) is 0 Å². The molecule has 0 spiro atoms. The molecule has 1 N–H and O–H groups in total. The summed E-state index contributed by atoms with van der Waals surface area (Å²) in [6, 6.07) is 9.28. The van der Waals surface area contributed by atoms with Crippen LogP contribution in [0.1, 0.15) is 6.92 Å². The number of hydrogen-bond donors (Lipinski definition) is 1. The van der Waals surface area contributed by atoms with Crippen LogP contribution in [0.25, 0.3) is 0 Å². The Balaban J connectivity index is 1.62. The molecule has 0 aliphatic carbocycles. The van der Waals surface area contributed by atoms with E-state index in [0.717, 1.165) is 0 Å². The van der Waals surface area contributed by atoms with Gasteiger partial charge in [-0.15, -0.1) is 0 Å². The van der Waals surface area contributed by atoms with E-state index >= 15 is 0 Å². The highest BCUT2D eigenvalue weighted by molar-refractivity contribution is 5.91. The molecule has 1 aliphatic rings. The summed E-state index contributed by atoms with van der Waals surface area (Å²) >= 11 is 0. The zero-order valence-corrected chi connectivity index (χ0v) is 16.3. The molecule has 0 unspecified atom stereocenters. The lowest BCUT2D eigenvalue weighted by Gasteiger charge is -2.35. The third kappa shape index (κ3) is 4.54. The molecule has 150 valence electrons. The predicted molar refractivity (Wildman–Crippen MR) is 106 cm³/mol. The summed E-state index contributed by atoms with van der Waals surface area (Å²) < 4.78 is 15.9. The van der Waals surface area contributed by atoms with Crippen molar-refractivity contribution >= 4 is 17.5 Å². The largest absolute Gasteiger partial charge is 0.492 e. The van der Waals surface area contributed by atoms with Gasteiger partial charge in [-0.3, -0.25) is 0 Å². The number of benzene rings is 1. The number of hydrogen-bond acceptors (Lipinski definition) is 7. The molecule has 9 nitrogen and oxygen atoms in total. The highest BCUT2D eigenvalue weighted by atomic mass is 16.5. The van der Waals surface area contributed by atoms with Crippen molar-refractivity contribution in [3.05, 3.63) is 30.3 Å². The quantitative estimate of drug-likeness (QED) is 0.813. The summed E-state index contributed by atoms with van der Waals surface area (Å²) in [5, 5.41) is 2.93. The molecule has 1 aliphatic heterocycles. The maximum absolute atomic E-state index is 12.6. The number of amides is 2. The Hall–Kier alpha value is -3.23. The van der Waals surface area contributed by atoms with Gasteiger partial charge in [0, 0.05) is 32.2 Å². The van der Waals surface area contributed by atoms with Crippen LogP contribution in [0.4, 0.5) is 16.3 Å². The number of rotatable bonds is 6. The lowest BCUT2D eigenvalue weighted by Crippen LogP contribution is -2.50. The van der Waals surface area contributed by atoms with Gasteiger partial charge in [-0.25, -0.2) is 4.79 Å². The van der Waals surface area contributed by atoms with Gasteiger partial charge in [0.1, 0.15) is 11.6 Å². The lowest BCUT2D eigenvalue weighted by atomic mass is 10.3. The fourth-order valence-corrected chi connectivity index (χ4v) is 2.93. The highest BCUT2D eigenvalue weighted by Gasteiger charge is 2.23. The average Bonchev–Trinajstić information content (AvgIpc) is 2.75. The molecule has 1 fully saturated rings. The van der Waals surface area contributed by atoms with Crippen LogP contribution in [0, 0.1) is 0 Å². The first kappa shape index (κ1) is 19.5. The third-order valence-corrected chi connectivity index (χ3v) is 4.38. The van der Waals surface area contributed by atoms with Gasteiger partial charge >= 0.3 is 12.0 Å². The van der Waals surface area contributed by atoms with Crippen molar-refractivity contribution in [2.24, 2.45) is 0 Å². The predicted octanol–water partition coefficient (Wildman–Crippen LogP) is 2.25. The van der Waals surface area contributed by atoms with Gasteiger partial charge in [0.25, 0.3) is 0 Å². The molecule has 2 heterocycles. The summed E-state index contributed by atoms with van der Waals surface area (Å²) in [4.78, 5) is 25.0. The smallest absolute Gasteiger partial charge is 0.322 e. The van der Waals surface area contributed by atoms with Crippen LogP contribution in [0.15, 0.2) is 30.3 Å². The Morgan fingerprint density at radius 1 is 1.11 bits per heavy atom. The van der Waals surface area contributed by atoms with Gasteiger partial charge in [-0.1, -0.05) is 12.1 Å². The number of carbonyl (C=O) groups excluding carboxylic acids is 1. The fourth-order valence-electron chi connectivity index (χ4n) is 2.93. The fraction of sp³-hybridized carbons (Fsp3) is 0.421. The number of nitrogens with zero attached hydrogens (tertiary/aromatic N) is 4. The summed E-state index contributed by atoms with van der Waals surface area (Å²) in [5.74, 6) is 1.82. The summed E-state index contributed by atoms with van der Waals surface area (Å²) in [6.07, 6.45) is 0. The van der Waals surface area contributed by atoms with Crippen molar-refractivity contribution in [2.75, 3.05) is 57.2 Å². The number of piperazine rings is 1. The van der Waals surface area contributed by atoms with E-state index in [2.05, 4.69) is 20.2 Å². The average molecular weight is 387 g/mol. The van der Waals surface area contributed by atoms with Crippen LogP contribution in [0.5, 0.6) is 17.6 Å². The van der Waals surface area contributed by atoms with E-state index in [1.165, 1.54) is 7.11 Å². The molecular formula is C19H25N5O4. The number of carbonyl (C=O) groups is 1. The van der Waals surface area contributed by atoms with Crippen LogP contribution in [-0.2, 0) is 0 Å². The number of aromatic nitrogens is 2. The Bertz CT molecular complexity index is 786. The highest BCUT2D eigenvalue weighted by Crippen LogP contribution is 2.25. The van der Waals surface area contributed by atoms with Gasteiger partial charge in [0.15, 0.2) is 0 Å². The van der Waals surface area contributed by atoms with E-state index in [0.29, 0.717) is 55.9 Å². The summed E-state index contributed by atoms with van der Waals surface area (Å²) in [5.41, 5.74) is 0.669. The molecule has 9 heteroatoms. The van der Waals surface area contributed by atoms with Crippen LogP contribution in [0.2, 0.25) is 0 Å². The summed E-state index contributed by atoms with van der Waals surface area (Å²) in [6.45, 7) is 4.87. The molecule has 2 aromatic rings. The standard InChI is InChI=1S/C19H25N5O4/c1-4-28-15-8-6-5-7-14(15)20-19(25)24-11-9-23(10-12-24)16-13-17(26-2)22-18(21-16)27-3/h5-8,13H,4,9-12H2,1-3H3,(H,20,25). The molecule has 0 bridgehead atoms. The Morgan fingerprint density at radius 3 is 2.54 bits per heavy atom. The number of anilines is 2. The molecule has 28 heavy (non-hydrogen) atoms. The normalized spacial score (nSPS) is 13.8. The maximum Gasteiger partial charge on any atom is 0.322 e. The third-order valence-electron chi connectivity index (χ3n) is 4.38. The van der Waals surface area contributed by atoms with Crippen molar-refractivity contribution in [1.29, 1.82) is 0 Å². The van der Waals surface area contributed by atoms with Gasteiger partial charge in [0.2, 0.25) is 5.88 Å². The second kappa shape index (κ2) is 9.12. The van der Waals surface area contributed by atoms with Crippen molar-refractivity contribution < 1.29 is 19.0 Å². The van der Waals surface area contributed by atoms with Crippen LogP contribution in [0.3, 0.4) is 0 Å². The van der Waals surface area contributed by atoms with E-state index in [-0.39, 0.29) is 12.0 Å². The molecule has 0 radical (unpaired) electrons. The van der Waals surface area contributed by atoms with Gasteiger partial charge in [-0.05, 0) is 19.1 Å². The van der Waals surface area contributed by atoms with Crippen molar-refractivity contribution in [2.45, 2.75) is 6.92 Å². The second-order valence-corrected chi connectivity index (χ2v) is 6.09. The minimum atomic E-state index is -0.148. The zero-order chi connectivity index (χ0) is 19.9. The van der Waals surface area contributed by atoms with E-state index < -0.39 is 0 Å². The van der Waals surface area contributed by atoms with Gasteiger partial charge < -0.3 is 29.3 Å². The van der Waals surface area contributed by atoms with Crippen molar-refractivity contribution in [1.82, 2.24) is 14.9 Å². The van der Waals surface area contributed by atoms with Crippen LogP contribution < -0.4 is 24.4 Å². The number of nitrogens with one attached hydrogen (secondary N) is 1. The minimum Gasteiger partial charge on any atom is -0.492 e. The first-order valence-corrected chi connectivity index (χ1v) is 9.14. The molecule has 1 aromatic heterocycles. The molecule has 1 aromatic carbocycles. The number of urea groups is 1. The molecule has 3 rings (SSSR count). The Morgan fingerprint density at radius 2 is 1.86 bits per heavy atom. The second-order valence-electron chi connectivity index (χ2n) is 6.09. The Kier molecular flexibility index (Phi) is 6.36. The van der Waals surface area contributed by atoms with Gasteiger partial charge in [0.05, 0.1) is 26.5 Å². The minimum absolute atomic E-state index is 0.148. The lowest BCUT2D eigenvalue weighted by molar-refractivity contribution is 0.207. The van der Waals surface area contributed by atoms with E-state index in [1.54, 1.807) is 18.1 Å². The van der Waals surface area contributed by atoms with Crippen LogP contribution in [-0.4, -0.2) is 67.9 Å². The van der Waals surface area contributed by atoms with E-state index in [4.69, 9.17) is 14.2 Å². The summed E-state index contributed by atoms with van der Waals surface area (Å²) in [7, 11) is 3.06. The Labute approximate surface area is 164 Å². The molecule has 1 saturated heterocycles. The maximum atomic E-state index is 12.6. The number of methoxy groups -OCH3 is 2. The molecule has 0 saturated carbocycles. The van der Waals surface area contributed by atoms with E-state index in [9.17, 15) is 4.79 Å². The van der Waals surface area contributed by atoms with E-state index in [1.807, 2.05) is 31.2 Å². The molecule has 2 amide bonds. The van der Waals surface area contributed by atoms with Gasteiger partial charge in [-0.2, -0.15) is 9.97 Å². The first-order valence-electron chi connectivity index (χ1n) is 9.14. The molecular weight excluding hydrogens is 362 g/mol. The molecule has 0 atom stereocenters. The number of ether oxygens (including phenoxy) is 3. The topological polar surface area (TPSA) is 89.1 Å². The SMILES string of the molecule is CCOc1ccccc1NC(=O)N1CCN(c2cc(OC)nc(OC)n2)CC1. The van der Waals surface area contributed by atoms with Crippen LogP contribution >= 0.6 is 0 Å².